The summed E-state index contributed by atoms with van der Waals surface area (Å²) in [6.07, 6.45) is 2.63. The van der Waals surface area contributed by atoms with Gasteiger partial charge in [0.05, 0.1) is 0 Å². The molecule has 7 nitrogen and oxygen atoms in total. The van der Waals surface area contributed by atoms with Gasteiger partial charge in [-0.05, 0) is 13.0 Å². The molecule has 0 aromatic heterocycles. The van der Waals surface area contributed by atoms with E-state index < -0.39 is 27.8 Å². The average Bonchev–Trinajstić information content (AvgIpc) is 2.12. The molecule has 0 aliphatic rings. The molecule has 0 heterocycles. The summed E-state index contributed by atoms with van der Waals surface area (Å²) in [5.74, 6) is 0. The second kappa shape index (κ2) is 20.0. The molecule has 22 heavy (non-hydrogen) atoms. The number of hydrogen-bond acceptors (Lipinski definition) is 7. The van der Waals surface area contributed by atoms with Gasteiger partial charge in [0.25, 0.3) is 0 Å². The summed E-state index contributed by atoms with van der Waals surface area (Å²) in [6.45, 7) is 2.18. The van der Waals surface area contributed by atoms with Crippen LogP contribution in [0, 0.1) is 0 Å². The van der Waals surface area contributed by atoms with Gasteiger partial charge in [0.2, 0.25) is 0 Å². The Morgan fingerprint density at radius 2 is 1.09 bits per heavy atom. The van der Waals surface area contributed by atoms with Crippen LogP contribution in [0.2, 0.25) is 0 Å². The fourth-order valence-corrected chi connectivity index (χ4v) is 3.24. The summed E-state index contributed by atoms with van der Waals surface area (Å²) in [5.41, 5.74) is 0. The van der Waals surface area contributed by atoms with Crippen molar-refractivity contribution in [1.29, 1.82) is 0 Å². The monoisotopic (exact) mass is 391 g/mol. The first-order chi connectivity index (χ1) is 8.14. The number of rotatable bonds is 10. The van der Waals surface area contributed by atoms with Gasteiger partial charge in [-0.2, -0.15) is 0 Å². The van der Waals surface area contributed by atoms with E-state index in [0.717, 1.165) is 30.6 Å². The predicted molar refractivity (Wildman–Crippen MR) is 60.4 cm³/mol. The predicted octanol–water partition coefficient (Wildman–Crippen LogP) is -13.0. The Morgan fingerprint density at radius 3 is 1.41 bits per heavy atom. The van der Waals surface area contributed by atoms with Crippen LogP contribution in [0.3, 0.4) is 0 Å². The van der Waals surface area contributed by atoms with Crippen molar-refractivity contribution >= 4 is 15.2 Å². The Kier molecular flexibility index (Phi) is 33.7. The largest absolute Gasteiger partial charge is 1.00 e. The molecule has 0 aliphatic heterocycles. The molecule has 0 radical (unpaired) electrons. The molecule has 0 rings (SSSR count). The zero-order chi connectivity index (χ0) is 14.2. The summed E-state index contributed by atoms with van der Waals surface area (Å²) in [7, 11) is -9.68. The van der Waals surface area contributed by atoms with Crippen molar-refractivity contribution in [3.8, 4) is 0 Å². The SMILES string of the molecule is CCCCCCCN(CP(=O)([O-])[O-])CP(=O)([O-])[O-].[Na+].[Na+].[Na+].[Na+]. The van der Waals surface area contributed by atoms with Gasteiger partial charge in [0, 0.05) is 12.6 Å². The van der Waals surface area contributed by atoms with Gasteiger partial charge >= 0.3 is 118 Å². The van der Waals surface area contributed by atoms with Crippen LogP contribution in [0.4, 0.5) is 0 Å². The molecular formula is C9H19NNa4O6P2. The first-order valence-electron chi connectivity index (χ1n) is 5.88. The Balaban J connectivity index is -0.000000241. The molecule has 110 valence electrons. The molecule has 0 unspecified atom stereocenters. The zero-order valence-electron chi connectivity index (χ0n) is 14.4. The molecule has 0 aromatic carbocycles. The van der Waals surface area contributed by atoms with Gasteiger partial charge in [-0.25, -0.2) is 0 Å². The molecule has 0 bridgehead atoms. The first kappa shape index (κ1) is 37.1. The summed E-state index contributed by atoms with van der Waals surface area (Å²) in [6, 6.07) is 0. The third kappa shape index (κ3) is 29.0. The Bertz CT molecular complexity index is 303. The van der Waals surface area contributed by atoms with Gasteiger partial charge in [-0.15, -0.1) is 0 Å². The topological polar surface area (TPSA) is 130 Å². The maximum absolute atomic E-state index is 10.6. The first-order valence-corrected chi connectivity index (χ1v) is 9.34. The molecule has 0 atom stereocenters. The summed E-state index contributed by atoms with van der Waals surface area (Å²) >= 11 is 0. The fraction of sp³-hybridized carbons (Fsp3) is 1.00. The van der Waals surface area contributed by atoms with E-state index in [4.69, 9.17) is 0 Å². The van der Waals surface area contributed by atoms with Crippen molar-refractivity contribution in [1.82, 2.24) is 4.90 Å². The van der Waals surface area contributed by atoms with Crippen LogP contribution in [-0.4, -0.2) is 24.0 Å². The van der Waals surface area contributed by atoms with Crippen molar-refractivity contribution in [3.05, 3.63) is 0 Å². The molecular weight excluding hydrogens is 372 g/mol. The van der Waals surface area contributed by atoms with Gasteiger partial charge < -0.3 is 28.7 Å². The third-order valence-electron chi connectivity index (χ3n) is 2.32. The van der Waals surface area contributed by atoms with E-state index in [-0.39, 0.29) is 125 Å². The standard InChI is InChI=1S/C9H23NO6P2.4Na/c1-2-3-4-5-6-7-10(8-17(11,12)13)9-18(14,15)16;;;;/h2-9H2,1H3,(H2,11,12,13)(H2,14,15,16);;;;/q;4*+1/p-4. The molecule has 0 aliphatic carbocycles. The minimum atomic E-state index is -4.84. The number of unbranched alkanes of at least 4 members (excludes halogenated alkanes) is 4. The van der Waals surface area contributed by atoms with Crippen LogP contribution in [0.25, 0.3) is 0 Å². The Hall–Kier alpha value is 4.26. The summed E-state index contributed by atoms with van der Waals surface area (Å²) < 4.78 is 21.2. The number of hydrogen-bond donors (Lipinski definition) is 0. The van der Waals surface area contributed by atoms with Crippen LogP contribution in [0.5, 0.6) is 0 Å². The molecule has 0 fully saturated rings. The summed E-state index contributed by atoms with van der Waals surface area (Å²) in [4.78, 5) is 43.3. The Labute approximate surface area is 221 Å². The van der Waals surface area contributed by atoms with E-state index in [1.807, 2.05) is 6.92 Å². The van der Waals surface area contributed by atoms with Crippen molar-refractivity contribution in [2.75, 3.05) is 19.1 Å². The second-order valence-corrected chi connectivity index (χ2v) is 7.32. The third-order valence-corrected chi connectivity index (χ3v) is 3.82. The maximum Gasteiger partial charge on any atom is 1.00 e. The fourth-order valence-electron chi connectivity index (χ4n) is 1.62. The van der Waals surface area contributed by atoms with Crippen molar-refractivity contribution in [2.45, 2.75) is 39.0 Å². The maximum atomic E-state index is 10.6. The van der Waals surface area contributed by atoms with Crippen molar-refractivity contribution in [2.24, 2.45) is 0 Å². The van der Waals surface area contributed by atoms with E-state index in [1.54, 1.807) is 0 Å². The number of nitrogens with zero attached hydrogens (tertiary/aromatic N) is 1. The summed E-state index contributed by atoms with van der Waals surface area (Å²) in [5, 5.41) is 0. The molecule has 0 aromatic rings. The minimum Gasteiger partial charge on any atom is -0.810 e. The van der Waals surface area contributed by atoms with Crippen LogP contribution < -0.4 is 138 Å². The van der Waals surface area contributed by atoms with Gasteiger partial charge in [-0.1, -0.05) is 47.8 Å². The van der Waals surface area contributed by atoms with E-state index in [2.05, 4.69) is 0 Å². The van der Waals surface area contributed by atoms with E-state index >= 15 is 0 Å². The van der Waals surface area contributed by atoms with Crippen LogP contribution >= 0.6 is 15.2 Å². The Morgan fingerprint density at radius 1 is 0.727 bits per heavy atom. The molecule has 0 saturated heterocycles. The van der Waals surface area contributed by atoms with Crippen LogP contribution in [-0.2, 0) is 9.13 Å². The zero-order valence-corrected chi connectivity index (χ0v) is 24.2. The second-order valence-electron chi connectivity index (χ2n) is 4.31. The van der Waals surface area contributed by atoms with Gasteiger partial charge in [-0.3, -0.25) is 4.90 Å². The molecule has 0 amide bonds. The van der Waals surface area contributed by atoms with E-state index in [0.29, 0.717) is 6.42 Å². The van der Waals surface area contributed by atoms with E-state index in [9.17, 15) is 28.7 Å². The minimum absolute atomic E-state index is 0. The molecule has 0 N–H and O–H groups in total. The van der Waals surface area contributed by atoms with Gasteiger partial charge in [0.15, 0.2) is 0 Å². The van der Waals surface area contributed by atoms with E-state index in [1.165, 1.54) is 0 Å². The molecule has 13 heteroatoms. The normalized spacial score (nSPS) is 10.8. The molecule has 0 saturated carbocycles. The smallest absolute Gasteiger partial charge is 0.810 e. The molecule has 0 spiro atoms. The van der Waals surface area contributed by atoms with Crippen LogP contribution in [0.15, 0.2) is 0 Å². The van der Waals surface area contributed by atoms with Crippen molar-refractivity contribution in [3.63, 3.8) is 0 Å². The van der Waals surface area contributed by atoms with Crippen LogP contribution in [0.1, 0.15) is 39.0 Å². The average molecular weight is 391 g/mol. The quantitative estimate of drug-likeness (QED) is 0.205. The van der Waals surface area contributed by atoms with Gasteiger partial charge in [0.1, 0.15) is 0 Å². The van der Waals surface area contributed by atoms with Crippen molar-refractivity contribution < 1.29 is 147 Å².